The first-order valence-electron chi connectivity index (χ1n) is 6.25. The van der Waals surface area contributed by atoms with Crippen molar-refractivity contribution in [2.75, 3.05) is 31.9 Å². The highest BCUT2D eigenvalue weighted by Crippen LogP contribution is 2.26. The average Bonchev–Trinajstić information content (AvgIpc) is 2.40. The average molecular weight is 253 g/mol. The van der Waals surface area contributed by atoms with Gasteiger partial charge in [-0.1, -0.05) is 19.9 Å². The molecule has 1 aromatic heterocycles. The molecule has 1 aromatic rings. The molecule has 3 nitrogen and oxygen atoms in total. The van der Waals surface area contributed by atoms with E-state index in [1.54, 1.807) is 6.20 Å². The lowest BCUT2D eigenvalue weighted by molar-refractivity contribution is 0.324. The smallest absolute Gasteiger partial charge is 0.0435 e. The molecule has 2 N–H and O–H groups in total. The number of rotatable bonds is 8. The molecule has 0 saturated carbocycles. The van der Waals surface area contributed by atoms with Crippen molar-refractivity contribution in [3.05, 3.63) is 30.1 Å². The summed E-state index contributed by atoms with van der Waals surface area (Å²) in [6.07, 6.45) is 3.72. The Morgan fingerprint density at radius 1 is 1.41 bits per heavy atom. The summed E-state index contributed by atoms with van der Waals surface area (Å²) in [4.78, 5) is 6.58. The van der Waals surface area contributed by atoms with Gasteiger partial charge in [-0.25, -0.2) is 0 Å². The van der Waals surface area contributed by atoms with Gasteiger partial charge >= 0.3 is 0 Å². The zero-order valence-electron chi connectivity index (χ0n) is 10.8. The van der Waals surface area contributed by atoms with Gasteiger partial charge in [0.25, 0.3) is 0 Å². The van der Waals surface area contributed by atoms with Crippen molar-refractivity contribution in [2.45, 2.75) is 19.1 Å². The number of hydrogen-bond donors (Lipinski definition) is 1. The predicted octanol–water partition coefficient (Wildman–Crippen LogP) is 2.16. The van der Waals surface area contributed by atoms with Crippen LogP contribution in [0.1, 0.15) is 24.7 Å². The molecule has 0 aliphatic heterocycles. The van der Waals surface area contributed by atoms with E-state index in [0.717, 1.165) is 25.4 Å². The maximum atomic E-state index is 5.82. The standard InChI is InChI=1S/C13H23N3S/c1-3-16(4-2)8-9-17-13(10-14)12-6-5-7-15-11-12/h5-7,11,13H,3-4,8-10,14H2,1-2H3. The molecule has 4 heteroatoms. The number of pyridine rings is 1. The molecule has 0 aromatic carbocycles. The Bertz CT molecular complexity index is 288. The Morgan fingerprint density at radius 3 is 2.71 bits per heavy atom. The minimum Gasteiger partial charge on any atom is -0.329 e. The lowest BCUT2D eigenvalue weighted by Gasteiger charge is -2.20. The highest BCUT2D eigenvalue weighted by molar-refractivity contribution is 7.99. The first-order valence-corrected chi connectivity index (χ1v) is 7.30. The Labute approximate surface area is 109 Å². The van der Waals surface area contributed by atoms with Crippen molar-refractivity contribution in [3.8, 4) is 0 Å². The molecule has 0 aliphatic carbocycles. The number of aromatic nitrogens is 1. The second-order valence-corrected chi connectivity index (χ2v) is 5.22. The molecule has 1 rings (SSSR count). The van der Waals surface area contributed by atoms with Crippen molar-refractivity contribution < 1.29 is 0 Å². The van der Waals surface area contributed by atoms with E-state index in [1.807, 2.05) is 24.0 Å². The third-order valence-corrected chi connectivity index (χ3v) is 4.18. The second kappa shape index (κ2) is 8.50. The van der Waals surface area contributed by atoms with E-state index in [0.29, 0.717) is 11.8 Å². The van der Waals surface area contributed by atoms with Gasteiger partial charge in [-0.2, -0.15) is 11.8 Å². The molecule has 0 aliphatic rings. The fourth-order valence-electron chi connectivity index (χ4n) is 1.73. The Morgan fingerprint density at radius 2 is 2.18 bits per heavy atom. The number of hydrogen-bond acceptors (Lipinski definition) is 4. The van der Waals surface area contributed by atoms with Gasteiger partial charge in [0.1, 0.15) is 0 Å². The van der Waals surface area contributed by atoms with Crippen LogP contribution in [0.3, 0.4) is 0 Å². The van der Waals surface area contributed by atoms with E-state index in [-0.39, 0.29) is 0 Å². The summed E-state index contributed by atoms with van der Waals surface area (Å²) in [6, 6.07) is 4.08. The van der Waals surface area contributed by atoms with Crippen LogP contribution in [-0.2, 0) is 0 Å². The van der Waals surface area contributed by atoms with Crippen LogP contribution in [0.4, 0.5) is 0 Å². The van der Waals surface area contributed by atoms with Crippen LogP contribution in [0.25, 0.3) is 0 Å². The number of nitrogens with two attached hydrogens (primary N) is 1. The molecule has 17 heavy (non-hydrogen) atoms. The summed E-state index contributed by atoms with van der Waals surface area (Å²) in [5, 5.41) is 0.374. The molecule has 96 valence electrons. The molecule has 1 atom stereocenters. The van der Waals surface area contributed by atoms with Crippen LogP contribution in [0.15, 0.2) is 24.5 Å². The highest BCUT2D eigenvalue weighted by atomic mass is 32.2. The SMILES string of the molecule is CCN(CC)CCSC(CN)c1cccnc1. The quantitative estimate of drug-likeness (QED) is 0.771. The zero-order valence-corrected chi connectivity index (χ0v) is 11.6. The van der Waals surface area contributed by atoms with Gasteiger partial charge in [0, 0.05) is 36.5 Å². The van der Waals surface area contributed by atoms with Crippen LogP contribution in [0.2, 0.25) is 0 Å². The minimum absolute atomic E-state index is 0.374. The fraction of sp³-hybridized carbons (Fsp3) is 0.615. The van der Waals surface area contributed by atoms with Crippen molar-refractivity contribution in [1.29, 1.82) is 0 Å². The van der Waals surface area contributed by atoms with Crippen molar-refractivity contribution in [2.24, 2.45) is 5.73 Å². The maximum absolute atomic E-state index is 5.82. The number of thioether (sulfide) groups is 1. The lowest BCUT2D eigenvalue weighted by atomic mass is 10.2. The topological polar surface area (TPSA) is 42.1 Å². The molecule has 0 saturated heterocycles. The van der Waals surface area contributed by atoms with Crippen LogP contribution in [0.5, 0.6) is 0 Å². The van der Waals surface area contributed by atoms with Gasteiger partial charge in [0.2, 0.25) is 0 Å². The normalized spacial score (nSPS) is 12.9. The van der Waals surface area contributed by atoms with E-state index >= 15 is 0 Å². The molecule has 0 amide bonds. The molecule has 1 heterocycles. The summed E-state index contributed by atoms with van der Waals surface area (Å²) in [5.74, 6) is 1.12. The summed E-state index contributed by atoms with van der Waals surface area (Å²) in [5.41, 5.74) is 7.06. The number of nitrogens with zero attached hydrogens (tertiary/aromatic N) is 2. The first-order chi connectivity index (χ1) is 8.31. The zero-order chi connectivity index (χ0) is 12.5. The molecule has 0 bridgehead atoms. The Kier molecular flexibility index (Phi) is 7.24. The van der Waals surface area contributed by atoms with Crippen LogP contribution >= 0.6 is 11.8 Å². The monoisotopic (exact) mass is 253 g/mol. The van der Waals surface area contributed by atoms with Gasteiger partial charge < -0.3 is 10.6 Å². The van der Waals surface area contributed by atoms with Gasteiger partial charge in [0.05, 0.1) is 0 Å². The van der Waals surface area contributed by atoms with Gasteiger partial charge in [-0.05, 0) is 24.7 Å². The van der Waals surface area contributed by atoms with Crippen molar-refractivity contribution in [1.82, 2.24) is 9.88 Å². The van der Waals surface area contributed by atoms with E-state index in [4.69, 9.17) is 5.73 Å². The van der Waals surface area contributed by atoms with Crippen molar-refractivity contribution in [3.63, 3.8) is 0 Å². The largest absolute Gasteiger partial charge is 0.329 e. The Hall–Kier alpha value is -0.580. The summed E-state index contributed by atoms with van der Waals surface area (Å²) >= 11 is 1.93. The van der Waals surface area contributed by atoms with Crippen LogP contribution in [-0.4, -0.2) is 41.8 Å². The molecular weight excluding hydrogens is 230 g/mol. The second-order valence-electron chi connectivity index (χ2n) is 3.91. The first kappa shape index (κ1) is 14.5. The van der Waals surface area contributed by atoms with Gasteiger partial charge in [-0.3, -0.25) is 4.98 Å². The summed E-state index contributed by atoms with van der Waals surface area (Å²) in [6.45, 7) is 8.46. The van der Waals surface area contributed by atoms with Crippen molar-refractivity contribution >= 4 is 11.8 Å². The maximum Gasteiger partial charge on any atom is 0.0435 e. The Balaban J connectivity index is 2.38. The van der Waals surface area contributed by atoms with Gasteiger partial charge in [-0.15, -0.1) is 0 Å². The summed E-state index contributed by atoms with van der Waals surface area (Å²) in [7, 11) is 0. The van der Waals surface area contributed by atoms with Crippen LogP contribution in [0, 0.1) is 0 Å². The molecule has 1 unspecified atom stereocenters. The molecule has 0 spiro atoms. The van der Waals surface area contributed by atoms with Gasteiger partial charge in [0.15, 0.2) is 0 Å². The van der Waals surface area contributed by atoms with E-state index in [9.17, 15) is 0 Å². The molecular formula is C13H23N3S. The molecule has 0 radical (unpaired) electrons. The van der Waals surface area contributed by atoms with E-state index in [2.05, 4.69) is 29.8 Å². The van der Waals surface area contributed by atoms with E-state index < -0.39 is 0 Å². The fourth-order valence-corrected chi connectivity index (χ4v) is 2.85. The third-order valence-electron chi connectivity index (χ3n) is 2.89. The third kappa shape index (κ3) is 5.06. The highest BCUT2D eigenvalue weighted by Gasteiger charge is 2.10. The predicted molar refractivity (Wildman–Crippen MR) is 76.3 cm³/mol. The van der Waals surface area contributed by atoms with E-state index in [1.165, 1.54) is 5.56 Å². The summed E-state index contributed by atoms with van der Waals surface area (Å²) < 4.78 is 0. The minimum atomic E-state index is 0.374. The molecule has 0 fully saturated rings. The van der Waals surface area contributed by atoms with Crippen LogP contribution < -0.4 is 5.73 Å². The lowest BCUT2D eigenvalue weighted by Crippen LogP contribution is -2.26.